The Balaban J connectivity index is 1.49. The van der Waals surface area contributed by atoms with Crippen molar-refractivity contribution >= 4 is 52.8 Å². The number of amides is 2. The zero-order valence-corrected chi connectivity index (χ0v) is 32.3. The maximum Gasteiger partial charge on any atom is 0.409 e. The smallest absolute Gasteiger partial charge is 0.409 e. The van der Waals surface area contributed by atoms with Gasteiger partial charge in [-0.25, -0.2) is 4.79 Å². The number of carbonyl (C=O) groups excluding carboxylic acids is 4. The first-order valence-electron chi connectivity index (χ1n) is 17.5. The number of ether oxygens (including phenoxy) is 3. The van der Waals surface area contributed by atoms with Crippen molar-refractivity contribution in [3.8, 4) is 0 Å². The number of allylic oxidation sites excluding steroid dienone is 3. The van der Waals surface area contributed by atoms with Crippen molar-refractivity contribution in [1.29, 1.82) is 0 Å². The molecule has 7 atom stereocenters. The van der Waals surface area contributed by atoms with Crippen LogP contribution in [0.15, 0.2) is 59.0 Å². The van der Waals surface area contributed by atoms with Crippen molar-refractivity contribution in [1.82, 2.24) is 5.32 Å². The molecule has 2 fully saturated rings. The molecule has 53 heavy (non-hydrogen) atoms. The van der Waals surface area contributed by atoms with Gasteiger partial charge in [0.25, 0.3) is 0 Å². The maximum atomic E-state index is 14.1. The van der Waals surface area contributed by atoms with E-state index in [0.29, 0.717) is 23.2 Å². The number of aryl methyl sites for hydroxylation is 1. The summed E-state index contributed by atoms with van der Waals surface area (Å²) in [5.41, 5.74) is 0.801. The molecular weight excluding hydrogens is 724 g/mol. The number of hydrogen-bond acceptors (Lipinski definition) is 11. The number of anilines is 1. The molecule has 4 N–H and O–H groups in total. The lowest BCUT2D eigenvalue weighted by molar-refractivity contribution is -0.150. The number of ketones is 1. The summed E-state index contributed by atoms with van der Waals surface area (Å²) in [7, 11) is 1.56. The molecule has 5 rings (SSSR count). The molecule has 0 aliphatic carbocycles. The minimum Gasteiger partial charge on any atom is -0.458 e. The lowest BCUT2D eigenvalue weighted by Gasteiger charge is -2.42. The van der Waals surface area contributed by atoms with Crippen LogP contribution >= 0.6 is 23.4 Å². The molecule has 286 valence electrons. The summed E-state index contributed by atoms with van der Waals surface area (Å²) in [5, 5.41) is 34.8. The summed E-state index contributed by atoms with van der Waals surface area (Å²) in [5.74, 6) is -2.61. The van der Waals surface area contributed by atoms with Crippen molar-refractivity contribution in [3.05, 3.63) is 81.4 Å². The standard InChI is InChI=1S/C39H47ClN2O10S/c1-21-8-7-9-28(19-44)39(49)17-30(50-37(48)41-39)23(3)36-38(5,52-36)32(51-34(47)20-53-31-11-10-26(24(4)45)13-22(31)2)16-33(46)42(6)29-15-25(12-21)14-27(18-43)35(29)40/h7-11,13-15,23,28,30,32,36,43-44,49H,12,16-20H2,1-6H3,(H,41,48)/b9-7+,21-8+/t23-,28+,30+,32+,36+,38+,39+/m1/s1. The van der Waals surface area contributed by atoms with Crippen molar-refractivity contribution in [2.75, 3.05) is 24.3 Å². The zero-order chi connectivity index (χ0) is 38.8. The fourth-order valence-electron chi connectivity index (χ4n) is 7.05. The topological polar surface area (TPSA) is 175 Å². The number of hydrogen-bond donors (Lipinski definition) is 4. The summed E-state index contributed by atoms with van der Waals surface area (Å²) in [6, 6.07) is 8.76. The van der Waals surface area contributed by atoms with Crippen molar-refractivity contribution < 1.29 is 48.7 Å². The third-order valence-electron chi connectivity index (χ3n) is 10.4. The highest BCUT2D eigenvalue weighted by Crippen LogP contribution is 2.49. The monoisotopic (exact) mass is 770 g/mol. The summed E-state index contributed by atoms with van der Waals surface area (Å²) >= 11 is 7.95. The number of benzene rings is 2. The average Bonchev–Trinajstić information content (AvgIpc) is 3.80. The van der Waals surface area contributed by atoms with Crippen LogP contribution in [-0.2, 0) is 36.8 Å². The van der Waals surface area contributed by atoms with E-state index in [0.717, 1.165) is 21.6 Å². The third-order valence-corrected chi connectivity index (χ3v) is 11.9. The molecule has 3 aliphatic heterocycles. The molecule has 0 spiro atoms. The molecule has 2 saturated heterocycles. The molecule has 0 radical (unpaired) electrons. The van der Waals surface area contributed by atoms with Gasteiger partial charge in [-0.15, -0.1) is 11.8 Å². The number of rotatable bonds is 7. The van der Waals surface area contributed by atoms with Crippen molar-refractivity contribution in [2.45, 2.75) is 95.0 Å². The maximum absolute atomic E-state index is 14.1. The van der Waals surface area contributed by atoms with Gasteiger partial charge in [-0.05, 0) is 69.0 Å². The molecule has 14 heteroatoms. The summed E-state index contributed by atoms with van der Waals surface area (Å²) in [4.78, 5) is 54.3. The molecule has 2 aromatic carbocycles. The van der Waals surface area contributed by atoms with E-state index in [1.807, 2.05) is 19.9 Å². The summed E-state index contributed by atoms with van der Waals surface area (Å²) < 4.78 is 17.9. The van der Waals surface area contributed by atoms with Crippen molar-refractivity contribution in [2.24, 2.45) is 11.8 Å². The highest BCUT2D eigenvalue weighted by molar-refractivity contribution is 8.00. The number of epoxide rings is 1. The zero-order valence-electron chi connectivity index (χ0n) is 30.7. The molecule has 0 saturated carbocycles. The Kier molecular flexibility index (Phi) is 12.5. The van der Waals surface area contributed by atoms with E-state index in [1.54, 1.807) is 63.4 Å². The number of aliphatic hydroxyl groups excluding tert-OH is 2. The molecule has 0 unspecified atom stereocenters. The second kappa shape index (κ2) is 16.3. The Morgan fingerprint density at radius 3 is 2.57 bits per heavy atom. The van der Waals surface area contributed by atoms with E-state index in [1.165, 1.54) is 23.6 Å². The fourth-order valence-corrected chi connectivity index (χ4v) is 8.14. The Bertz CT molecular complexity index is 1830. The van der Waals surface area contributed by atoms with Crippen LogP contribution in [0, 0.1) is 18.8 Å². The van der Waals surface area contributed by atoms with E-state index in [2.05, 4.69) is 5.32 Å². The normalized spacial score (nSPS) is 30.6. The Labute approximate surface area is 318 Å². The van der Waals surface area contributed by atoms with Gasteiger partial charge in [0.05, 0.1) is 42.2 Å². The van der Waals surface area contributed by atoms with Crippen LogP contribution in [0.25, 0.3) is 0 Å². The van der Waals surface area contributed by atoms with E-state index in [9.17, 15) is 34.5 Å². The van der Waals surface area contributed by atoms with E-state index in [4.69, 9.17) is 25.8 Å². The van der Waals surface area contributed by atoms with Gasteiger partial charge in [0, 0.05) is 35.8 Å². The number of esters is 1. The summed E-state index contributed by atoms with van der Waals surface area (Å²) in [6.07, 6.45) is 1.72. The highest BCUT2D eigenvalue weighted by Gasteiger charge is 2.64. The lowest BCUT2D eigenvalue weighted by Crippen LogP contribution is -2.62. The number of fused-ring (bicyclic) bond motifs is 5. The number of alkyl carbamates (subject to hydrolysis) is 1. The third kappa shape index (κ3) is 8.98. The predicted molar refractivity (Wildman–Crippen MR) is 200 cm³/mol. The number of nitrogens with zero attached hydrogens (tertiary/aromatic N) is 1. The number of aliphatic hydroxyl groups is 3. The van der Waals surface area contributed by atoms with E-state index in [-0.39, 0.29) is 36.0 Å². The molecule has 3 heterocycles. The average molecular weight is 771 g/mol. The van der Waals surface area contributed by atoms with Crippen molar-refractivity contribution in [3.63, 3.8) is 0 Å². The van der Waals surface area contributed by atoms with Gasteiger partial charge in [-0.3, -0.25) is 19.7 Å². The van der Waals surface area contributed by atoms with Crippen LogP contribution in [0.5, 0.6) is 0 Å². The van der Waals surface area contributed by atoms with Gasteiger partial charge < -0.3 is 34.4 Å². The first kappa shape index (κ1) is 40.5. The highest BCUT2D eigenvalue weighted by atomic mass is 35.5. The number of carbonyl (C=O) groups is 4. The van der Waals surface area contributed by atoms with Gasteiger partial charge >= 0.3 is 12.1 Å². The molecular formula is C39H47ClN2O10S. The number of nitrogens with one attached hydrogen (secondary N) is 1. The van der Waals surface area contributed by atoms with Crippen LogP contribution in [0.3, 0.4) is 0 Å². The van der Waals surface area contributed by atoms with Crippen LogP contribution in [0.2, 0.25) is 5.02 Å². The Hall–Kier alpha value is -3.72. The molecule has 0 aromatic heterocycles. The van der Waals surface area contributed by atoms with Crippen LogP contribution < -0.4 is 10.2 Å². The van der Waals surface area contributed by atoms with Gasteiger partial charge in [0.2, 0.25) is 5.91 Å². The fraction of sp³-hybridized carbons (Fsp3) is 0.487. The van der Waals surface area contributed by atoms with Gasteiger partial charge in [-0.2, -0.15) is 0 Å². The minimum atomic E-state index is -1.85. The summed E-state index contributed by atoms with van der Waals surface area (Å²) in [6.45, 7) is 7.90. The largest absolute Gasteiger partial charge is 0.458 e. The molecule has 12 nitrogen and oxygen atoms in total. The van der Waals surface area contributed by atoms with Gasteiger partial charge in [0.15, 0.2) is 11.5 Å². The minimum absolute atomic E-state index is 0.0664. The molecule has 2 amide bonds. The molecule has 2 aromatic rings. The number of Topliss-reactive ketones (excluding diaryl/α,β-unsaturated/α-hetero) is 1. The number of thioether (sulfide) groups is 1. The number of halogens is 1. The quantitative estimate of drug-likeness (QED) is 0.128. The first-order chi connectivity index (χ1) is 25.0. The Morgan fingerprint density at radius 2 is 1.91 bits per heavy atom. The van der Waals surface area contributed by atoms with Gasteiger partial charge in [-0.1, -0.05) is 54.5 Å². The first-order valence-corrected chi connectivity index (χ1v) is 18.8. The lowest BCUT2D eigenvalue weighted by atomic mass is 9.81. The molecule has 3 aliphatic rings. The predicted octanol–water partition coefficient (Wildman–Crippen LogP) is 5.05. The van der Waals surface area contributed by atoms with Crippen LogP contribution in [-0.4, -0.2) is 88.1 Å². The van der Waals surface area contributed by atoms with Gasteiger partial charge in [0.1, 0.15) is 17.8 Å². The van der Waals surface area contributed by atoms with Crippen LogP contribution in [0.4, 0.5) is 10.5 Å². The SMILES string of the molecule is CC(=O)c1ccc(SCC(=O)O[C@H]2CC(=O)N(C)c3cc(cc(CO)c3Cl)C/C(C)=C/C=C/[C@@H](CO)[C@@]3(O)C[C@H](OC(=O)N3)[C@@H](C)[C@@H]3O[C@@]23C)c(C)c1. The Morgan fingerprint density at radius 1 is 1.17 bits per heavy atom. The van der Waals surface area contributed by atoms with E-state index < -0.39 is 66.1 Å². The van der Waals surface area contributed by atoms with Crippen LogP contribution in [0.1, 0.15) is 67.6 Å². The second-order valence-corrected chi connectivity index (χ2v) is 15.7. The molecule has 4 bridgehead atoms. The van der Waals surface area contributed by atoms with E-state index >= 15 is 0 Å². The second-order valence-electron chi connectivity index (χ2n) is 14.3.